The number of esters is 1. The fourth-order valence-electron chi connectivity index (χ4n) is 2.97. The first-order chi connectivity index (χ1) is 14.4. The van der Waals surface area contributed by atoms with E-state index in [0.29, 0.717) is 17.6 Å². The maximum absolute atomic E-state index is 12.7. The van der Waals surface area contributed by atoms with E-state index in [1.165, 1.54) is 12.2 Å². The Morgan fingerprint density at radius 3 is 2.29 bits per heavy atom. The van der Waals surface area contributed by atoms with Gasteiger partial charge in [0, 0.05) is 26.1 Å². The van der Waals surface area contributed by atoms with Crippen molar-refractivity contribution in [2.24, 2.45) is 0 Å². The lowest BCUT2D eigenvalue weighted by Crippen LogP contribution is -2.43. The van der Waals surface area contributed by atoms with Gasteiger partial charge in [0.05, 0.1) is 5.56 Å². The first-order valence-corrected chi connectivity index (χ1v) is 14.2. The number of allylic oxidation sites excluding steroid dienone is 4. The highest BCUT2D eigenvalue weighted by Gasteiger charge is 2.37. The molecule has 2 rings (SSSR count). The Bertz CT molecular complexity index is 917. The Balaban J connectivity index is 2.22. The van der Waals surface area contributed by atoms with Crippen molar-refractivity contribution in [3.8, 4) is 0 Å². The maximum atomic E-state index is 12.7. The van der Waals surface area contributed by atoms with Crippen molar-refractivity contribution in [2.45, 2.75) is 64.6 Å². The average molecular weight is 441 g/mol. The molecule has 5 nitrogen and oxygen atoms in total. The van der Waals surface area contributed by atoms with Crippen molar-refractivity contribution in [1.29, 1.82) is 0 Å². The quantitative estimate of drug-likeness (QED) is 0.226. The second-order valence-corrected chi connectivity index (χ2v) is 15.0. The molecule has 6 heteroatoms. The fourth-order valence-corrected chi connectivity index (χ4v) is 3.85. The van der Waals surface area contributed by atoms with Crippen LogP contribution >= 0.6 is 0 Å². The summed E-state index contributed by atoms with van der Waals surface area (Å²) in [5, 5.41) is 0. The number of rotatable bonds is 9. The zero-order valence-electron chi connectivity index (χ0n) is 19.2. The van der Waals surface area contributed by atoms with Crippen LogP contribution in [0.2, 0.25) is 25.7 Å². The molecule has 1 atom stereocenters. The Hall–Kier alpha value is -2.73. The lowest BCUT2D eigenvalue weighted by molar-refractivity contribution is -0.125. The second kappa shape index (κ2) is 10.0. The highest BCUT2D eigenvalue weighted by atomic mass is 28.3. The molecule has 1 aromatic carbocycles. The van der Waals surface area contributed by atoms with Crippen LogP contribution < -0.4 is 0 Å². The van der Waals surface area contributed by atoms with Crippen LogP contribution in [0.1, 0.15) is 37.6 Å². The van der Waals surface area contributed by atoms with Gasteiger partial charge in [0.25, 0.3) is 0 Å². The third-order valence-electron chi connectivity index (χ3n) is 4.90. The van der Waals surface area contributed by atoms with Crippen LogP contribution in [0.5, 0.6) is 0 Å². The van der Waals surface area contributed by atoms with E-state index >= 15 is 0 Å². The molecule has 1 aliphatic rings. The van der Waals surface area contributed by atoms with Crippen LogP contribution in [-0.4, -0.2) is 37.3 Å². The van der Waals surface area contributed by atoms with Gasteiger partial charge >= 0.3 is 5.97 Å². The minimum Gasteiger partial charge on any atom is -0.480 e. The van der Waals surface area contributed by atoms with Gasteiger partial charge in [-0.25, -0.2) is 4.79 Å². The van der Waals surface area contributed by atoms with Crippen molar-refractivity contribution < 1.29 is 23.9 Å². The van der Waals surface area contributed by atoms with Crippen molar-refractivity contribution in [3.05, 3.63) is 71.5 Å². The fraction of sp³-hybridized carbons (Fsp3) is 0.400. The number of carbonyl (C=O) groups is 3. The van der Waals surface area contributed by atoms with E-state index in [1.807, 2.05) is 12.1 Å². The van der Waals surface area contributed by atoms with E-state index in [-0.39, 0.29) is 17.3 Å². The second-order valence-electron chi connectivity index (χ2n) is 9.50. The van der Waals surface area contributed by atoms with Crippen LogP contribution in [0.3, 0.4) is 0 Å². The standard InChI is InChI=1S/C25H32O5Si/c1-18-16-21(27)22(17-20(18)26)30-25(2,3)23(14-10-11-15-31(4,5)6)29-24(28)19-12-8-7-9-13-19/h7-13,16-17,23H,14-15H2,1-6H3/b11-10-. The summed E-state index contributed by atoms with van der Waals surface area (Å²) < 4.78 is 11.8. The van der Waals surface area contributed by atoms with Crippen molar-refractivity contribution in [2.75, 3.05) is 0 Å². The summed E-state index contributed by atoms with van der Waals surface area (Å²) in [6, 6.07) is 9.76. The molecule has 0 radical (unpaired) electrons. The zero-order valence-corrected chi connectivity index (χ0v) is 20.2. The van der Waals surface area contributed by atoms with Gasteiger partial charge in [0.2, 0.25) is 5.78 Å². The van der Waals surface area contributed by atoms with Crippen LogP contribution in [0.25, 0.3) is 0 Å². The molecule has 31 heavy (non-hydrogen) atoms. The van der Waals surface area contributed by atoms with Crippen LogP contribution in [0.15, 0.2) is 66.0 Å². The smallest absolute Gasteiger partial charge is 0.338 e. The number of ketones is 2. The normalized spacial score (nSPS) is 16.1. The van der Waals surface area contributed by atoms with E-state index in [9.17, 15) is 14.4 Å². The molecule has 0 aliphatic heterocycles. The molecule has 0 N–H and O–H groups in total. The third kappa shape index (κ3) is 7.47. The summed E-state index contributed by atoms with van der Waals surface area (Å²) in [7, 11) is -1.24. The molecular weight excluding hydrogens is 408 g/mol. The Morgan fingerprint density at radius 1 is 1.03 bits per heavy atom. The van der Waals surface area contributed by atoms with Gasteiger partial charge < -0.3 is 9.47 Å². The van der Waals surface area contributed by atoms with Crippen molar-refractivity contribution in [1.82, 2.24) is 0 Å². The minimum atomic E-state index is -1.24. The molecule has 0 aromatic heterocycles. The number of ether oxygens (including phenoxy) is 2. The topological polar surface area (TPSA) is 69.7 Å². The molecular formula is C25H32O5Si. The Morgan fingerprint density at radius 2 is 1.68 bits per heavy atom. The molecule has 0 spiro atoms. The molecule has 0 bridgehead atoms. The average Bonchev–Trinajstić information content (AvgIpc) is 2.68. The molecule has 1 unspecified atom stereocenters. The predicted octanol–water partition coefficient (Wildman–Crippen LogP) is 5.27. The van der Waals surface area contributed by atoms with Crippen LogP contribution in [-0.2, 0) is 19.1 Å². The molecule has 1 aliphatic carbocycles. The number of carbonyl (C=O) groups excluding carboxylic acids is 3. The minimum absolute atomic E-state index is 0.0348. The van der Waals surface area contributed by atoms with E-state index in [4.69, 9.17) is 9.47 Å². The molecule has 0 heterocycles. The lowest BCUT2D eigenvalue weighted by Gasteiger charge is -2.34. The summed E-state index contributed by atoms with van der Waals surface area (Å²) >= 11 is 0. The molecule has 1 aromatic rings. The monoisotopic (exact) mass is 440 g/mol. The SMILES string of the molecule is CC1=CC(=O)C(OC(C)(C)C(C/C=C\C[Si](C)(C)C)OC(=O)c2ccccc2)=CC1=O. The predicted molar refractivity (Wildman–Crippen MR) is 125 cm³/mol. The van der Waals surface area contributed by atoms with Crippen molar-refractivity contribution >= 4 is 25.6 Å². The van der Waals surface area contributed by atoms with Gasteiger partial charge in [-0.1, -0.05) is 50.0 Å². The number of hydrogen-bond acceptors (Lipinski definition) is 5. The molecule has 0 amide bonds. The first kappa shape index (κ1) is 24.5. The molecule has 166 valence electrons. The zero-order chi connectivity index (χ0) is 23.2. The van der Waals surface area contributed by atoms with Gasteiger partial charge in [0.1, 0.15) is 11.7 Å². The number of benzene rings is 1. The Labute approximate surface area is 185 Å². The summed E-state index contributed by atoms with van der Waals surface area (Å²) in [5.74, 6) is -1.13. The first-order valence-electron chi connectivity index (χ1n) is 10.5. The van der Waals surface area contributed by atoms with Gasteiger partial charge in [-0.05, 0) is 45.0 Å². The summed E-state index contributed by atoms with van der Waals surface area (Å²) in [4.78, 5) is 37.0. The maximum Gasteiger partial charge on any atom is 0.338 e. The molecule has 0 saturated carbocycles. The van der Waals surface area contributed by atoms with E-state index in [2.05, 4.69) is 25.7 Å². The Kier molecular flexibility index (Phi) is 7.95. The van der Waals surface area contributed by atoms with E-state index < -0.39 is 25.7 Å². The molecule has 0 fully saturated rings. The van der Waals surface area contributed by atoms with E-state index in [1.54, 1.807) is 45.0 Å². The van der Waals surface area contributed by atoms with Gasteiger partial charge in [-0.3, -0.25) is 9.59 Å². The summed E-state index contributed by atoms with van der Waals surface area (Å²) in [6.45, 7) is 11.9. The highest BCUT2D eigenvalue weighted by Crippen LogP contribution is 2.28. The third-order valence-corrected chi connectivity index (χ3v) is 6.36. The summed E-state index contributed by atoms with van der Waals surface area (Å²) in [6.07, 6.45) is 6.36. The van der Waals surface area contributed by atoms with Crippen LogP contribution in [0.4, 0.5) is 0 Å². The summed E-state index contributed by atoms with van der Waals surface area (Å²) in [5.41, 5.74) is -0.220. The largest absolute Gasteiger partial charge is 0.480 e. The van der Waals surface area contributed by atoms with Crippen LogP contribution in [0, 0.1) is 0 Å². The van der Waals surface area contributed by atoms with Gasteiger partial charge in [-0.2, -0.15) is 0 Å². The molecule has 0 saturated heterocycles. The van der Waals surface area contributed by atoms with E-state index in [0.717, 1.165) is 6.04 Å². The highest BCUT2D eigenvalue weighted by molar-refractivity contribution is 6.76. The lowest BCUT2D eigenvalue weighted by atomic mass is 9.96. The number of hydrogen-bond donors (Lipinski definition) is 0. The van der Waals surface area contributed by atoms with Gasteiger partial charge in [0.15, 0.2) is 11.5 Å². The van der Waals surface area contributed by atoms with Gasteiger partial charge in [-0.15, -0.1) is 0 Å². The van der Waals surface area contributed by atoms with Crippen molar-refractivity contribution in [3.63, 3.8) is 0 Å².